The lowest BCUT2D eigenvalue weighted by Gasteiger charge is -2.19. The summed E-state index contributed by atoms with van der Waals surface area (Å²) in [5.41, 5.74) is 1.76. The largest absolute Gasteiger partial charge is 0.348 e. The minimum Gasteiger partial charge on any atom is -0.348 e. The van der Waals surface area contributed by atoms with Crippen molar-refractivity contribution in [2.75, 3.05) is 5.88 Å². The molecule has 1 N–H and O–H groups in total. The third-order valence-corrected chi connectivity index (χ3v) is 3.91. The van der Waals surface area contributed by atoms with Crippen molar-refractivity contribution < 1.29 is 4.79 Å². The van der Waals surface area contributed by atoms with Crippen LogP contribution in [0.3, 0.4) is 0 Å². The van der Waals surface area contributed by atoms with Crippen LogP contribution in [-0.4, -0.2) is 17.8 Å². The predicted octanol–water partition coefficient (Wildman–Crippen LogP) is 3.75. The fourth-order valence-electron chi connectivity index (χ4n) is 1.37. The molecule has 0 fully saturated rings. The van der Waals surface area contributed by atoms with Gasteiger partial charge in [0.05, 0.1) is 0 Å². The Labute approximate surface area is 116 Å². The highest BCUT2D eigenvalue weighted by Crippen LogP contribution is 2.17. The highest BCUT2D eigenvalue weighted by Gasteiger charge is 2.16. The first kappa shape index (κ1) is 14.5. The minimum absolute atomic E-state index is 0.00393. The summed E-state index contributed by atoms with van der Waals surface area (Å²) in [6, 6.07) is 5.57. The van der Waals surface area contributed by atoms with Crippen molar-refractivity contribution in [3.63, 3.8) is 0 Å². The molecular weight excluding hydrogens is 302 g/mol. The van der Waals surface area contributed by atoms with Crippen molar-refractivity contribution in [2.45, 2.75) is 26.8 Å². The van der Waals surface area contributed by atoms with Gasteiger partial charge < -0.3 is 5.32 Å². The maximum absolute atomic E-state index is 12.0. The molecule has 1 rings (SSSR count). The third kappa shape index (κ3) is 4.00. The average Bonchev–Trinajstić information content (AvgIpc) is 2.28. The molecule has 0 aliphatic carbocycles. The molecule has 4 heteroatoms. The number of benzene rings is 1. The number of amides is 1. The van der Waals surface area contributed by atoms with Crippen molar-refractivity contribution in [1.29, 1.82) is 0 Å². The summed E-state index contributed by atoms with van der Waals surface area (Å²) < 4.78 is 0.942. The van der Waals surface area contributed by atoms with Gasteiger partial charge in [-0.25, -0.2) is 0 Å². The van der Waals surface area contributed by atoms with E-state index in [1.165, 1.54) is 0 Å². The van der Waals surface area contributed by atoms with E-state index in [4.69, 9.17) is 11.6 Å². The van der Waals surface area contributed by atoms with Gasteiger partial charge in [0.1, 0.15) is 0 Å². The molecular formula is C13H17BrClNO. The number of hydrogen-bond acceptors (Lipinski definition) is 1. The molecule has 1 unspecified atom stereocenters. The van der Waals surface area contributed by atoms with E-state index in [-0.39, 0.29) is 11.9 Å². The first-order valence-electron chi connectivity index (χ1n) is 5.58. The number of halogens is 2. The topological polar surface area (TPSA) is 29.1 Å². The number of carbonyl (C=O) groups excluding carboxylic acids is 1. The molecule has 0 aliphatic heterocycles. The van der Waals surface area contributed by atoms with Gasteiger partial charge in [0, 0.05) is 22.0 Å². The summed E-state index contributed by atoms with van der Waals surface area (Å²) in [7, 11) is 0. The lowest BCUT2D eigenvalue weighted by Crippen LogP contribution is -2.39. The van der Waals surface area contributed by atoms with Crippen molar-refractivity contribution in [3.8, 4) is 0 Å². The van der Waals surface area contributed by atoms with Crippen LogP contribution in [0.15, 0.2) is 22.7 Å². The molecule has 17 heavy (non-hydrogen) atoms. The Morgan fingerprint density at radius 2 is 2.12 bits per heavy atom. The Morgan fingerprint density at radius 3 is 2.59 bits per heavy atom. The molecule has 94 valence electrons. The third-order valence-electron chi connectivity index (χ3n) is 2.72. The molecule has 0 aromatic heterocycles. The van der Waals surface area contributed by atoms with Crippen LogP contribution >= 0.6 is 27.5 Å². The average molecular weight is 319 g/mol. The van der Waals surface area contributed by atoms with Crippen molar-refractivity contribution in [1.82, 2.24) is 5.32 Å². The van der Waals surface area contributed by atoms with E-state index in [0.29, 0.717) is 17.4 Å². The lowest BCUT2D eigenvalue weighted by atomic mass is 10.1. The Balaban J connectivity index is 2.79. The van der Waals surface area contributed by atoms with E-state index in [0.717, 1.165) is 10.0 Å². The highest BCUT2D eigenvalue weighted by molar-refractivity contribution is 9.10. The number of alkyl halides is 1. The van der Waals surface area contributed by atoms with Crippen molar-refractivity contribution in [3.05, 3.63) is 33.8 Å². The van der Waals surface area contributed by atoms with E-state index in [1.807, 2.05) is 39.0 Å². The Hall–Kier alpha value is -0.540. The van der Waals surface area contributed by atoms with Gasteiger partial charge in [0.25, 0.3) is 5.91 Å². The maximum atomic E-state index is 12.0. The fourth-order valence-corrected chi connectivity index (χ4v) is 2.18. The number of carbonyl (C=O) groups is 1. The monoisotopic (exact) mass is 317 g/mol. The van der Waals surface area contributed by atoms with Gasteiger partial charge in [0.2, 0.25) is 0 Å². The van der Waals surface area contributed by atoms with Crippen LogP contribution in [0, 0.1) is 12.8 Å². The first-order valence-corrected chi connectivity index (χ1v) is 6.91. The summed E-state index contributed by atoms with van der Waals surface area (Å²) in [5.74, 6) is 0.673. The minimum atomic E-state index is -0.0787. The molecule has 2 nitrogen and oxygen atoms in total. The fraction of sp³-hybridized carbons (Fsp3) is 0.462. The van der Waals surface area contributed by atoms with Gasteiger partial charge >= 0.3 is 0 Å². The summed E-state index contributed by atoms with van der Waals surface area (Å²) in [6.45, 7) is 6.07. The molecule has 0 bridgehead atoms. The number of rotatable bonds is 4. The quantitative estimate of drug-likeness (QED) is 0.842. The second-order valence-corrected chi connectivity index (χ2v) is 5.61. The smallest absolute Gasteiger partial charge is 0.251 e. The summed E-state index contributed by atoms with van der Waals surface area (Å²) >= 11 is 9.25. The van der Waals surface area contributed by atoms with Crippen LogP contribution in [0.4, 0.5) is 0 Å². The molecule has 1 atom stereocenters. The predicted molar refractivity (Wildman–Crippen MR) is 75.7 cm³/mol. The molecule has 0 heterocycles. The van der Waals surface area contributed by atoms with E-state index in [2.05, 4.69) is 21.2 Å². The molecule has 0 spiro atoms. The van der Waals surface area contributed by atoms with Crippen LogP contribution in [0.25, 0.3) is 0 Å². The van der Waals surface area contributed by atoms with Gasteiger partial charge in [-0.1, -0.05) is 35.8 Å². The van der Waals surface area contributed by atoms with Crippen LogP contribution in [0.1, 0.15) is 29.8 Å². The van der Waals surface area contributed by atoms with Gasteiger partial charge in [-0.2, -0.15) is 0 Å². The SMILES string of the molecule is Cc1ccc(C(=O)NC(CCl)C(C)C)cc1Br. The summed E-state index contributed by atoms with van der Waals surface area (Å²) in [4.78, 5) is 12.0. The second-order valence-electron chi connectivity index (χ2n) is 4.44. The van der Waals surface area contributed by atoms with E-state index in [9.17, 15) is 4.79 Å². The number of aryl methyl sites for hydroxylation is 1. The van der Waals surface area contributed by atoms with Crippen LogP contribution < -0.4 is 5.32 Å². The normalized spacial score (nSPS) is 12.6. The lowest BCUT2D eigenvalue weighted by molar-refractivity contribution is 0.0931. The van der Waals surface area contributed by atoms with Gasteiger partial charge in [0.15, 0.2) is 0 Å². The van der Waals surface area contributed by atoms with Crippen LogP contribution in [-0.2, 0) is 0 Å². The first-order chi connectivity index (χ1) is 7.95. The van der Waals surface area contributed by atoms with E-state index >= 15 is 0 Å². The number of hydrogen-bond donors (Lipinski definition) is 1. The summed E-state index contributed by atoms with van der Waals surface area (Å²) in [6.07, 6.45) is 0. The zero-order chi connectivity index (χ0) is 13.0. The van der Waals surface area contributed by atoms with E-state index < -0.39 is 0 Å². The molecule has 1 aromatic carbocycles. The molecule has 1 amide bonds. The Kier molecular flexibility index (Phi) is 5.47. The zero-order valence-corrected chi connectivity index (χ0v) is 12.6. The molecule has 0 saturated heterocycles. The van der Waals surface area contributed by atoms with Gasteiger partial charge in [-0.05, 0) is 30.5 Å². The summed E-state index contributed by atoms with van der Waals surface area (Å²) in [5, 5.41) is 2.94. The van der Waals surface area contributed by atoms with E-state index in [1.54, 1.807) is 0 Å². The van der Waals surface area contributed by atoms with Crippen LogP contribution in [0.2, 0.25) is 0 Å². The standard InChI is InChI=1S/C13H17BrClNO/c1-8(2)12(7-15)16-13(17)10-5-4-9(3)11(14)6-10/h4-6,8,12H,7H2,1-3H3,(H,16,17). The molecule has 0 saturated carbocycles. The van der Waals surface area contributed by atoms with Crippen molar-refractivity contribution in [2.24, 2.45) is 5.92 Å². The molecule has 1 aromatic rings. The maximum Gasteiger partial charge on any atom is 0.251 e. The molecule has 0 aliphatic rings. The highest BCUT2D eigenvalue weighted by atomic mass is 79.9. The number of nitrogens with one attached hydrogen (secondary N) is 1. The Bertz CT molecular complexity index is 406. The second kappa shape index (κ2) is 6.41. The van der Waals surface area contributed by atoms with Crippen LogP contribution in [0.5, 0.6) is 0 Å². The van der Waals surface area contributed by atoms with Gasteiger partial charge in [-0.15, -0.1) is 11.6 Å². The zero-order valence-electron chi connectivity index (χ0n) is 10.3. The Morgan fingerprint density at radius 1 is 1.47 bits per heavy atom. The molecule has 0 radical (unpaired) electrons. The van der Waals surface area contributed by atoms with Crippen molar-refractivity contribution >= 4 is 33.4 Å². The van der Waals surface area contributed by atoms with Gasteiger partial charge in [-0.3, -0.25) is 4.79 Å².